The molecule has 1 amide bonds. The van der Waals surface area contributed by atoms with Crippen LogP contribution >= 0.6 is 15.9 Å². The predicted molar refractivity (Wildman–Crippen MR) is 138 cm³/mol. The summed E-state index contributed by atoms with van der Waals surface area (Å²) in [4.78, 5) is 37.3. The maximum Gasteiger partial charge on any atom is 0.339 e. The number of methoxy groups -OCH3 is 2. The average Bonchev–Trinajstić information content (AvgIpc) is 2.87. The topological polar surface area (TPSA) is 119 Å². The van der Waals surface area contributed by atoms with Gasteiger partial charge in [-0.05, 0) is 61.5 Å². The van der Waals surface area contributed by atoms with E-state index in [-0.39, 0.29) is 27.4 Å². The van der Waals surface area contributed by atoms with Crippen molar-refractivity contribution in [2.45, 2.75) is 11.8 Å². The van der Waals surface area contributed by atoms with Crippen LogP contribution in [0.3, 0.4) is 0 Å². The first-order chi connectivity index (χ1) is 17.1. The lowest BCUT2D eigenvalue weighted by molar-refractivity contribution is -0.114. The molecule has 36 heavy (non-hydrogen) atoms. The Balaban J connectivity index is 2.00. The van der Waals surface area contributed by atoms with Gasteiger partial charge in [0.2, 0.25) is 5.91 Å². The summed E-state index contributed by atoms with van der Waals surface area (Å²) in [5, 5.41) is 2.53. The molecule has 11 heteroatoms. The summed E-state index contributed by atoms with van der Waals surface area (Å²) >= 11 is 3.32. The largest absolute Gasteiger partial charge is 0.465 e. The summed E-state index contributed by atoms with van der Waals surface area (Å²) in [6.45, 7) is 1.22. The molecule has 0 aromatic heterocycles. The zero-order valence-corrected chi connectivity index (χ0v) is 22.1. The van der Waals surface area contributed by atoms with Gasteiger partial charge in [0, 0.05) is 4.47 Å². The average molecular weight is 575 g/mol. The van der Waals surface area contributed by atoms with Crippen LogP contribution in [-0.2, 0) is 24.3 Å². The van der Waals surface area contributed by atoms with Crippen LogP contribution < -0.4 is 9.62 Å². The van der Waals surface area contributed by atoms with Crippen LogP contribution in [0, 0.1) is 6.92 Å². The molecule has 188 valence electrons. The van der Waals surface area contributed by atoms with Crippen LogP contribution in [0.4, 0.5) is 11.4 Å². The van der Waals surface area contributed by atoms with Gasteiger partial charge in [0.25, 0.3) is 10.0 Å². The van der Waals surface area contributed by atoms with Crippen molar-refractivity contribution >= 4 is 55.2 Å². The highest BCUT2D eigenvalue weighted by atomic mass is 79.9. The molecule has 0 aliphatic rings. The molecule has 0 fully saturated rings. The van der Waals surface area contributed by atoms with Gasteiger partial charge in [0.15, 0.2) is 0 Å². The smallest absolute Gasteiger partial charge is 0.339 e. The second-order valence-electron chi connectivity index (χ2n) is 7.59. The maximum atomic E-state index is 13.5. The molecule has 1 N–H and O–H groups in total. The predicted octanol–water partition coefficient (Wildman–Crippen LogP) is 4.16. The van der Waals surface area contributed by atoms with Crippen molar-refractivity contribution in [3.8, 4) is 0 Å². The van der Waals surface area contributed by atoms with Crippen molar-refractivity contribution in [1.82, 2.24) is 0 Å². The Hall–Kier alpha value is -3.70. The monoisotopic (exact) mass is 574 g/mol. The van der Waals surface area contributed by atoms with Crippen LogP contribution in [0.5, 0.6) is 0 Å². The molecule has 0 unspecified atom stereocenters. The molecule has 0 saturated carbocycles. The highest BCUT2D eigenvalue weighted by molar-refractivity contribution is 9.10. The quantitative estimate of drug-likeness (QED) is 0.401. The molecule has 0 spiro atoms. The second kappa shape index (κ2) is 11.4. The van der Waals surface area contributed by atoms with Crippen molar-refractivity contribution in [2.75, 3.05) is 30.4 Å². The number of hydrogen-bond donors (Lipinski definition) is 1. The fraction of sp³-hybridized carbons (Fsp3) is 0.160. The number of halogens is 1. The third-order valence-corrected chi connectivity index (χ3v) is 7.45. The van der Waals surface area contributed by atoms with E-state index in [2.05, 4.69) is 21.2 Å². The number of aryl methyl sites for hydroxylation is 1. The first-order valence-corrected chi connectivity index (χ1v) is 12.8. The summed E-state index contributed by atoms with van der Waals surface area (Å²) in [5.74, 6) is -2.18. The number of hydrogen-bond acceptors (Lipinski definition) is 7. The molecule has 3 aromatic rings. The number of benzene rings is 3. The van der Waals surface area contributed by atoms with Crippen molar-refractivity contribution in [3.63, 3.8) is 0 Å². The molecular weight excluding hydrogens is 552 g/mol. The van der Waals surface area contributed by atoms with Crippen LogP contribution in [0.1, 0.15) is 26.3 Å². The fourth-order valence-electron chi connectivity index (χ4n) is 3.26. The Morgan fingerprint density at radius 3 is 2.08 bits per heavy atom. The summed E-state index contributed by atoms with van der Waals surface area (Å²) in [5.41, 5.74) is 1.17. The Labute approximate surface area is 217 Å². The fourth-order valence-corrected chi connectivity index (χ4v) is 4.95. The lowest BCUT2D eigenvalue weighted by Gasteiger charge is -2.24. The molecule has 9 nitrogen and oxygen atoms in total. The van der Waals surface area contributed by atoms with E-state index in [4.69, 9.17) is 9.47 Å². The third kappa shape index (κ3) is 6.10. The van der Waals surface area contributed by atoms with Gasteiger partial charge in [-0.1, -0.05) is 33.6 Å². The highest BCUT2D eigenvalue weighted by Crippen LogP contribution is 2.26. The molecule has 3 rings (SSSR count). The minimum atomic E-state index is -4.14. The Bertz CT molecular complexity index is 1390. The van der Waals surface area contributed by atoms with Gasteiger partial charge in [-0.15, -0.1) is 0 Å². The maximum absolute atomic E-state index is 13.5. The van der Waals surface area contributed by atoms with Gasteiger partial charge in [-0.25, -0.2) is 18.0 Å². The number of carbonyl (C=O) groups is 3. The van der Waals surface area contributed by atoms with E-state index in [0.29, 0.717) is 0 Å². The number of amides is 1. The number of anilines is 2. The first kappa shape index (κ1) is 26.9. The summed E-state index contributed by atoms with van der Waals surface area (Å²) in [6, 6.07) is 16.6. The number of ether oxygens (including phenoxy) is 2. The Morgan fingerprint density at radius 1 is 0.889 bits per heavy atom. The van der Waals surface area contributed by atoms with Crippen LogP contribution in [0.15, 0.2) is 76.1 Å². The number of nitrogens with zero attached hydrogens (tertiary/aromatic N) is 1. The van der Waals surface area contributed by atoms with Gasteiger partial charge in [-0.2, -0.15) is 0 Å². The van der Waals surface area contributed by atoms with E-state index in [1.807, 2.05) is 6.92 Å². The van der Waals surface area contributed by atoms with Crippen LogP contribution in [-0.4, -0.2) is 47.0 Å². The number of rotatable bonds is 8. The number of sulfonamides is 1. The minimum absolute atomic E-state index is 0.00626. The number of nitrogens with one attached hydrogen (secondary N) is 1. The van der Waals surface area contributed by atoms with Crippen molar-refractivity contribution in [3.05, 3.63) is 87.9 Å². The van der Waals surface area contributed by atoms with E-state index in [9.17, 15) is 22.8 Å². The molecule has 0 heterocycles. The minimum Gasteiger partial charge on any atom is -0.465 e. The highest BCUT2D eigenvalue weighted by Gasteiger charge is 2.28. The van der Waals surface area contributed by atoms with Gasteiger partial charge in [0.1, 0.15) is 6.54 Å². The molecule has 3 aromatic carbocycles. The van der Waals surface area contributed by atoms with E-state index in [1.54, 1.807) is 36.4 Å². The van der Waals surface area contributed by atoms with E-state index < -0.39 is 34.4 Å². The third-order valence-electron chi connectivity index (χ3n) is 5.13. The Kier molecular flexibility index (Phi) is 8.49. The van der Waals surface area contributed by atoms with Crippen molar-refractivity contribution < 1.29 is 32.3 Å². The SMILES string of the molecule is COC(=O)c1ccc(C(=O)OC)c(NC(=O)CN(c2ccc(Br)cc2)S(=O)(=O)c2ccc(C)cc2)c1. The Morgan fingerprint density at radius 2 is 1.50 bits per heavy atom. The van der Waals surface area contributed by atoms with Gasteiger partial charge < -0.3 is 14.8 Å². The lowest BCUT2D eigenvalue weighted by atomic mass is 10.1. The van der Waals surface area contributed by atoms with Crippen molar-refractivity contribution in [1.29, 1.82) is 0 Å². The molecule has 0 radical (unpaired) electrons. The number of esters is 2. The normalized spacial score (nSPS) is 10.9. The molecule has 0 aliphatic carbocycles. The van der Waals surface area contributed by atoms with Gasteiger partial charge in [-0.3, -0.25) is 9.10 Å². The summed E-state index contributed by atoms with van der Waals surface area (Å²) in [7, 11) is -1.77. The molecule has 0 atom stereocenters. The zero-order chi connectivity index (χ0) is 26.5. The molecular formula is C25H23BrN2O7S. The molecule has 0 bridgehead atoms. The second-order valence-corrected chi connectivity index (χ2v) is 10.4. The molecule has 0 aliphatic heterocycles. The standard InChI is InChI=1S/C25H23BrN2O7S/c1-16-4-11-20(12-5-16)36(32,33)28(19-9-7-18(26)8-10-19)15-23(29)27-22-14-17(24(30)34-2)6-13-21(22)25(31)35-3/h4-14H,15H2,1-3H3,(H,27,29). The van der Waals surface area contributed by atoms with Gasteiger partial charge >= 0.3 is 11.9 Å². The van der Waals surface area contributed by atoms with Crippen molar-refractivity contribution in [2.24, 2.45) is 0 Å². The molecule has 0 saturated heterocycles. The van der Waals surface area contributed by atoms with E-state index in [0.717, 1.165) is 14.3 Å². The number of carbonyl (C=O) groups excluding carboxylic acids is 3. The summed E-state index contributed by atoms with van der Waals surface area (Å²) < 4.78 is 38.2. The van der Waals surface area contributed by atoms with Crippen LogP contribution in [0.25, 0.3) is 0 Å². The first-order valence-electron chi connectivity index (χ1n) is 10.5. The van der Waals surface area contributed by atoms with Crippen LogP contribution in [0.2, 0.25) is 0 Å². The van der Waals surface area contributed by atoms with Gasteiger partial charge in [0.05, 0.1) is 41.6 Å². The van der Waals surface area contributed by atoms with E-state index in [1.165, 1.54) is 44.6 Å². The van der Waals surface area contributed by atoms with E-state index >= 15 is 0 Å². The lowest BCUT2D eigenvalue weighted by Crippen LogP contribution is -2.38. The zero-order valence-electron chi connectivity index (χ0n) is 19.6. The summed E-state index contributed by atoms with van der Waals surface area (Å²) in [6.07, 6.45) is 0.